The van der Waals surface area contributed by atoms with Crippen LogP contribution in [0.4, 0.5) is 0 Å². The molecule has 0 aromatic rings. The third-order valence-corrected chi connectivity index (χ3v) is 3.43. The van der Waals surface area contributed by atoms with E-state index >= 15 is 0 Å². The zero-order valence-electron chi connectivity index (χ0n) is 17.0. The second-order valence-corrected chi connectivity index (χ2v) is 5.44. The standard InChI is InChI=1S/C19H37NO7/c1-3-20(6-4-5-8-21)7-9-23-12-13-25-16-17-27-19-18-26-15-14-24-11-10-22-2/h21H,3,6-19H2,1-2H3. The predicted molar refractivity (Wildman–Crippen MR) is 103 cm³/mol. The van der Waals surface area contributed by atoms with Gasteiger partial charge in [-0.15, -0.1) is 0 Å². The molecule has 0 atom stereocenters. The minimum absolute atomic E-state index is 0.0909. The zero-order chi connectivity index (χ0) is 19.8. The molecule has 8 nitrogen and oxygen atoms in total. The first-order chi connectivity index (χ1) is 13.3. The Kier molecular flexibility index (Phi) is 22.6. The summed E-state index contributed by atoms with van der Waals surface area (Å²) in [5.74, 6) is 5.55. The van der Waals surface area contributed by atoms with Crippen molar-refractivity contribution in [3.63, 3.8) is 0 Å². The highest BCUT2D eigenvalue weighted by Gasteiger charge is 1.99. The molecule has 0 saturated carbocycles. The van der Waals surface area contributed by atoms with Crippen LogP contribution in [0.5, 0.6) is 0 Å². The maximum Gasteiger partial charge on any atom is 0.104 e. The Balaban J connectivity index is 3.18. The van der Waals surface area contributed by atoms with Crippen LogP contribution in [0.25, 0.3) is 0 Å². The normalized spacial score (nSPS) is 11.0. The number of aliphatic hydroxyl groups is 1. The topological polar surface area (TPSA) is 78.9 Å². The highest BCUT2D eigenvalue weighted by molar-refractivity contribution is 5.00. The Labute approximate surface area is 164 Å². The van der Waals surface area contributed by atoms with E-state index in [2.05, 4.69) is 23.7 Å². The molecule has 0 heterocycles. The summed E-state index contributed by atoms with van der Waals surface area (Å²) in [4.78, 5) is 2.16. The van der Waals surface area contributed by atoms with E-state index in [1.165, 1.54) is 0 Å². The van der Waals surface area contributed by atoms with Gasteiger partial charge in [0.05, 0.1) is 79.2 Å². The van der Waals surface area contributed by atoms with Gasteiger partial charge in [-0.2, -0.15) is 0 Å². The Bertz CT molecular complexity index is 347. The molecule has 27 heavy (non-hydrogen) atoms. The summed E-state index contributed by atoms with van der Waals surface area (Å²) >= 11 is 0. The van der Waals surface area contributed by atoms with Crippen LogP contribution in [-0.2, 0) is 28.4 Å². The van der Waals surface area contributed by atoms with E-state index in [0.717, 1.165) is 13.1 Å². The molecule has 160 valence electrons. The number of methoxy groups -OCH3 is 1. The number of aliphatic hydroxyl groups excluding tert-OH is 1. The van der Waals surface area contributed by atoms with E-state index in [1.807, 2.05) is 0 Å². The summed E-state index contributed by atoms with van der Waals surface area (Å²) in [7, 11) is 1.65. The van der Waals surface area contributed by atoms with E-state index < -0.39 is 0 Å². The number of ether oxygens (including phenoxy) is 6. The van der Waals surface area contributed by atoms with Gasteiger partial charge in [0.1, 0.15) is 6.61 Å². The molecule has 0 amide bonds. The van der Waals surface area contributed by atoms with Gasteiger partial charge < -0.3 is 33.5 Å². The Morgan fingerprint density at radius 2 is 1.11 bits per heavy atom. The van der Waals surface area contributed by atoms with Crippen LogP contribution in [0, 0.1) is 11.8 Å². The number of rotatable bonds is 20. The molecule has 0 aromatic carbocycles. The molecule has 0 aliphatic rings. The van der Waals surface area contributed by atoms with E-state index in [1.54, 1.807) is 7.11 Å². The maximum atomic E-state index is 8.63. The summed E-state index contributed by atoms with van der Waals surface area (Å²) in [5.41, 5.74) is 0. The SMILES string of the molecule is CCN(CC#CCO)CCOCCOCCOCCOCCOCCOC. The van der Waals surface area contributed by atoms with Gasteiger partial charge in [0.25, 0.3) is 0 Å². The van der Waals surface area contributed by atoms with Crippen molar-refractivity contribution in [2.45, 2.75) is 6.92 Å². The van der Waals surface area contributed by atoms with Gasteiger partial charge in [0.15, 0.2) is 0 Å². The third-order valence-electron chi connectivity index (χ3n) is 3.43. The molecule has 0 radical (unpaired) electrons. The highest BCUT2D eigenvalue weighted by Crippen LogP contribution is 1.88. The number of nitrogens with zero attached hydrogens (tertiary/aromatic N) is 1. The smallest absolute Gasteiger partial charge is 0.104 e. The van der Waals surface area contributed by atoms with Crippen LogP contribution in [0.3, 0.4) is 0 Å². The van der Waals surface area contributed by atoms with Gasteiger partial charge in [-0.1, -0.05) is 18.8 Å². The lowest BCUT2D eigenvalue weighted by atomic mass is 10.4. The lowest BCUT2D eigenvalue weighted by Gasteiger charge is -2.17. The first kappa shape index (κ1) is 26.2. The molecule has 0 bridgehead atoms. The average Bonchev–Trinajstić information content (AvgIpc) is 2.69. The molecule has 8 heteroatoms. The lowest BCUT2D eigenvalue weighted by molar-refractivity contribution is -0.0154. The minimum Gasteiger partial charge on any atom is -0.384 e. The fourth-order valence-electron chi connectivity index (χ4n) is 1.89. The number of likely N-dealkylation sites (N-methyl/N-ethyl adjacent to an activating group) is 1. The Morgan fingerprint density at radius 1 is 0.667 bits per heavy atom. The van der Waals surface area contributed by atoms with Crippen LogP contribution >= 0.6 is 0 Å². The van der Waals surface area contributed by atoms with Crippen molar-refractivity contribution in [3.8, 4) is 11.8 Å². The average molecular weight is 392 g/mol. The Morgan fingerprint density at radius 3 is 1.52 bits per heavy atom. The van der Waals surface area contributed by atoms with Crippen molar-refractivity contribution >= 4 is 0 Å². The molecular formula is C19H37NO7. The van der Waals surface area contributed by atoms with Crippen LogP contribution in [0.1, 0.15) is 6.92 Å². The zero-order valence-corrected chi connectivity index (χ0v) is 17.0. The van der Waals surface area contributed by atoms with Crippen molar-refractivity contribution in [1.82, 2.24) is 4.90 Å². The largest absolute Gasteiger partial charge is 0.384 e. The van der Waals surface area contributed by atoms with Crippen molar-refractivity contribution in [2.75, 3.05) is 106 Å². The van der Waals surface area contributed by atoms with Crippen molar-refractivity contribution < 1.29 is 33.5 Å². The molecular weight excluding hydrogens is 354 g/mol. The first-order valence-electron chi connectivity index (χ1n) is 9.51. The minimum atomic E-state index is -0.0909. The lowest BCUT2D eigenvalue weighted by Crippen LogP contribution is -2.28. The fraction of sp³-hybridized carbons (Fsp3) is 0.895. The van der Waals surface area contributed by atoms with Crippen LogP contribution < -0.4 is 0 Å². The van der Waals surface area contributed by atoms with E-state index in [-0.39, 0.29) is 6.61 Å². The van der Waals surface area contributed by atoms with E-state index in [9.17, 15) is 0 Å². The van der Waals surface area contributed by atoms with Crippen LogP contribution in [0.2, 0.25) is 0 Å². The quantitative estimate of drug-likeness (QED) is 0.230. The molecule has 0 rings (SSSR count). The molecule has 0 aliphatic heterocycles. The van der Waals surface area contributed by atoms with Gasteiger partial charge in [-0.3, -0.25) is 4.90 Å². The van der Waals surface area contributed by atoms with Crippen molar-refractivity contribution in [1.29, 1.82) is 0 Å². The first-order valence-corrected chi connectivity index (χ1v) is 9.51. The molecule has 0 aliphatic carbocycles. The van der Waals surface area contributed by atoms with Crippen LogP contribution in [0.15, 0.2) is 0 Å². The van der Waals surface area contributed by atoms with Gasteiger partial charge in [0.2, 0.25) is 0 Å². The Hall–Kier alpha value is -0.760. The fourth-order valence-corrected chi connectivity index (χ4v) is 1.89. The monoisotopic (exact) mass is 391 g/mol. The second-order valence-electron chi connectivity index (χ2n) is 5.44. The predicted octanol–water partition coefficient (Wildman–Crippen LogP) is 0.0334. The molecule has 0 spiro atoms. The maximum absolute atomic E-state index is 8.63. The highest BCUT2D eigenvalue weighted by atomic mass is 16.6. The molecule has 1 N–H and O–H groups in total. The summed E-state index contributed by atoms with van der Waals surface area (Å²) in [6, 6.07) is 0. The number of hydrogen-bond donors (Lipinski definition) is 1. The van der Waals surface area contributed by atoms with Crippen molar-refractivity contribution in [3.05, 3.63) is 0 Å². The molecule has 0 unspecified atom stereocenters. The van der Waals surface area contributed by atoms with Gasteiger partial charge in [-0.05, 0) is 6.54 Å². The number of hydrogen-bond acceptors (Lipinski definition) is 8. The van der Waals surface area contributed by atoms with E-state index in [0.29, 0.717) is 79.2 Å². The van der Waals surface area contributed by atoms with Gasteiger partial charge in [-0.25, -0.2) is 0 Å². The molecule has 0 aromatic heterocycles. The van der Waals surface area contributed by atoms with E-state index in [4.69, 9.17) is 33.5 Å². The van der Waals surface area contributed by atoms with Gasteiger partial charge >= 0.3 is 0 Å². The third kappa shape index (κ3) is 21.4. The van der Waals surface area contributed by atoms with Crippen LogP contribution in [-0.4, -0.2) is 116 Å². The summed E-state index contributed by atoms with van der Waals surface area (Å²) in [5, 5.41) is 8.63. The molecule has 0 fully saturated rings. The molecule has 0 saturated heterocycles. The summed E-state index contributed by atoms with van der Waals surface area (Å²) in [6.45, 7) is 10.6. The summed E-state index contributed by atoms with van der Waals surface area (Å²) in [6.07, 6.45) is 0. The van der Waals surface area contributed by atoms with Gasteiger partial charge in [0, 0.05) is 13.7 Å². The van der Waals surface area contributed by atoms with Crippen molar-refractivity contribution in [2.24, 2.45) is 0 Å². The summed E-state index contributed by atoms with van der Waals surface area (Å²) < 4.78 is 31.9. The second kappa shape index (κ2) is 23.3.